The van der Waals surface area contributed by atoms with Crippen molar-refractivity contribution in [2.24, 2.45) is 0 Å². The van der Waals surface area contributed by atoms with Crippen molar-refractivity contribution in [1.82, 2.24) is 4.90 Å². The number of nitrogens with zero attached hydrogens (tertiary/aromatic N) is 1. The van der Waals surface area contributed by atoms with E-state index in [1.54, 1.807) is 0 Å². The highest BCUT2D eigenvalue weighted by molar-refractivity contribution is 6.31. The summed E-state index contributed by atoms with van der Waals surface area (Å²) in [5.41, 5.74) is 2.03. The van der Waals surface area contributed by atoms with Crippen LogP contribution in [0.3, 0.4) is 0 Å². The molecular weight excluding hydrogens is 198 g/mol. The molecule has 1 heterocycles. The molecular formula is C11H14ClNO. The summed E-state index contributed by atoms with van der Waals surface area (Å²) in [4.78, 5) is 2.35. The molecule has 0 aliphatic carbocycles. The predicted octanol–water partition coefficient (Wildman–Crippen LogP) is 2.04. The molecule has 76 valence electrons. The molecule has 1 fully saturated rings. The highest BCUT2D eigenvalue weighted by atomic mass is 35.5. The second-order valence-corrected chi connectivity index (χ2v) is 4.07. The van der Waals surface area contributed by atoms with Gasteiger partial charge in [0.2, 0.25) is 0 Å². The predicted molar refractivity (Wildman–Crippen MR) is 57.3 cm³/mol. The van der Waals surface area contributed by atoms with E-state index < -0.39 is 0 Å². The highest BCUT2D eigenvalue weighted by Crippen LogP contribution is 2.22. The number of hydrogen-bond donors (Lipinski definition) is 1. The molecule has 0 spiro atoms. The van der Waals surface area contributed by atoms with E-state index in [1.807, 2.05) is 18.2 Å². The normalized spacial score (nSPS) is 16.7. The molecule has 2 rings (SSSR count). The van der Waals surface area contributed by atoms with Crippen molar-refractivity contribution in [3.8, 4) is 0 Å². The first-order chi connectivity index (χ1) is 6.81. The molecule has 14 heavy (non-hydrogen) atoms. The highest BCUT2D eigenvalue weighted by Gasteiger charge is 2.16. The minimum absolute atomic E-state index is 0.0306. The third-order valence-corrected chi connectivity index (χ3v) is 3.07. The van der Waals surface area contributed by atoms with E-state index in [-0.39, 0.29) is 6.61 Å². The molecule has 1 aliphatic rings. The Morgan fingerprint density at radius 3 is 2.71 bits per heavy atom. The van der Waals surface area contributed by atoms with E-state index in [9.17, 15) is 5.11 Å². The summed E-state index contributed by atoms with van der Waals surface area (Å²) in [5, 5.41) is 9.87. The molecule has 1 aromatic rings. The van der Waals surface area contributed by atoms with Crippen LogP contribution < -0.4 is 0 Å². The first-order valence-electron chi connectivity index (χ1n) is 4.91. The van der Waals surface area contributed by atoms with Crippen LogP contribution in [0.2, 0.25) is 5.02 Å². The Hall–Kier alpha value is -0.570. The molecule has 1 saturated heterocycles. The fourth-order valence-electron chi connectivity index (χ4n) is 1.71. The zero-order valence-electron chi connectivity index (χ0n) is 8.04. The molecule has 0 saturated carbocycles. The van der Waals surface area contributed by atoms with Crippen molar-refractivity contribution >= 4 is 11.6 Å². The van der Waals surface area contributed by atoms with Crippen LogP contribution in [0.1, 0.15) is 17.5 Å². The molecule has 2 nitrogen and oxygen atoms in total. The van der Waals surface area contributed by atoms with Crippen molar-refractivity contribution < 1.29 is 5.11 Å². The maximum Gasteiger partial charge on any atom is 0.0699 e. The molecule has 0 amide bonds. The molecule has 0 unspecified atom stereocenters. The lowest BCUT2D eigenvalue weighted by atomic mass is 10.1. The first kappa shape index (κ1) is 9.97. The number of halogens is 1. The topological polar surface area (TPSA) is 23.5 Å². The van der Waals surface area contributed by atoms with E-state index in [0.717, 1.165) is 30.8 Å². The Morgan fingerprint density at radius 1 is 1.36 bits per heavy atom. The van der Waals surface area contributed by atoms with Crippen molar-refractivity contribution in [2.45, 2.75) is 19.6 Å². The number of hydrogen-bond acceptors (Lipinski definition) is 2. The fraction of sp³-hybridized carbons (Fsp3) is 0.455. The molecule has 1 aliphatic heterocycles. The van der Waals surface area contributed by atoms with E-state index in [0.29, 0.717) is 5.02 Å². The van der Waals surface area contributed by atoms with Crippen molar-refractivity contribution in [1.29, 1.82) is 0 Å². The van der Waals surface area contributed by atoms with Crippen molar-refractivity contribution in [2.75, 3.05) is 13.1 Å². The van der Waals surface area contributed by atoms with Gasteiger partial charge in [0.05, 0.1) is 6.61 Å². The summed E-state index contributed by atoms with van der Waals surface area (Å²) >= 11 is 6.00. The summed E-state index contributed by atoms with van der Waals surface area (Å²) in [7, 11) is 0. The minimum atomic E-state index is 0.0306. The number of aliphatic hydroxyl groups excluding tert-OH is 1. The van der Waals surface area contributed by atoms with Crippen LogP contribution >= 0.6 is 11.6 Å². The average Bonchev–Trinajstić information content (AvgIpc) is 2.11. The molecule has 0 aromatic heterocycles. The van der Waals surface area contributed by atoms with Gasteiger partial charge in [0.15, 0.2) is 0 Å². The third kappa shape index (κ3) is 1.92. The Balaban J connectivity index is 2.17. The first-order valence-corrected chi connectivity index (χ1v) is 5.28. The second-order valence-electron chi connectivity index (χ2n) is 3.67. The van der Waals surface area contributed by atoms with Gasteiger partial charge < -0.3 is 5.11 Å². The SMILES string of the molecule is OCc1c(Cl)cccc1CN1CCC1. The van der Waals surface area contributed by atoms with Crippen LogP contribution in [-0.2, 0) is 13.2 Å². The smallest absolute Gasteiger partial charge is 0.0699 e. The second kappa shape index (κ2) is 4.30. The zero-order chi connectivity index (χ0) is 9.97. The maximum atomic E-state index is 9.20. The van der Waals surface area contributed by atoms with Crippen LogP contribution in [0.15, 0.2) is 18.2 Å². The van der Waals surface area contributed by atoms with Gasteiger partial charge in [0.1, 0.15) is 0 Å². The summed E-state index contributed by atoms with van der Waals surface area (Å²) in [5.74, 6) is 0. The van der Waals surface area contributed by atoms with Crippen molar-refractivity contribution in [3.05, 3.63) is 34.3 Å². The van der Waals surface area contributed by atoms with Crippen LogP contribution in [0.4, 0.5) is 0 Å². The molecule has 1 aromatic carbocycles. The largest absolute Gasteiger partial charge is 0.392 e. The molecule has 0 atom stereocenters. The van der Waals surface area contributed by atoms with E-state index >= 15 is 0 Å². The molecule has 1 N–H and O–H groups in total. The third-order valence-electron chi connectivity index (χ3n) is 2.72. The number of rotatable bonds is 3. The van der Waals surface area contributed by atoms with E-state index in [2.05, 4.69) is 4.90 Å². The van der Waals surface area contributed by atoms with Gasteiger partial charge >= 0.3 is 0 Å². The summed E-state index contributed by atoms with van der Waals surface area (Å²) < 4.78 is 0. The van der Waals surface area contributed by atoms with Crippen LogP contribution in [0.5, 0.6) is 0 Å². The monoisotopic (exact) mass is 211 g/mol. The van der Waals surface area contributed by atoms with Gasteiger partial charge in [-0.25, -0.2) is 0 Å². The van der Waals surface area contributed by atoms with Gasteiger partial charge in [-0.3, -0.25) is 4.90 Å². The maximum absolute atomic E-state index is 9.20. The van der Waals surface area contributed by atoms with E-state index in [4.69, 9.17) is 11.6 Å². The average molecular weight is 212 g/mol. The van der Waals surface area contributed by atoms with Crippen LogP contribution in [0.25, 0.3) is 0 Å². The Bertz CT molecular complexity index is 323. The van der Waals surface area contributed by atoms with Gasteiger partial charge in [-0.1, -0.05) is 23.7 Å². The molecule has 0 bridgehead atoms. The minimum Gasteiger partial charge on any atom is -0.392 e. The Kier molecular flexibility index (Phi) is 3.06. The van der Waals surface area contributed by atoms with Crippen LogP contribution in [0, 0.1) is 0 Å². The zero-order valence-corrected chi connectivity index (χ0v) is 8.80. The number of likely N-dealkylation sites (tertiary alicyclic amines) is 1. The van der Waals surface area contributed by atoms with Gasteiger partial charge in [-0.15, -0.1) is 0 Å². The van der Waals surface area contributed by atoms with Gasteiger partial charge in [0.25, 0.3) is 0 Å². The van der Waals surface area contributed by atoms with Gasteiger partial charge in [-0.2, -0.15) is 0 Å². The lowest BCUT2D eigenvalue weighted by molar-refractivity contribution is 0.170. The standard InChI is InChI=1S/C11H14ClNO/c12-11-4-1-3-9(10(11)8-14)7-13-5-2-6-13/h1,3-4,14H,2,5-8H2. The van der Waals surface area contributed by atoms with Gasteiger partial charge in [-0.05, 0) is 31.1 Å². The van der Waals surface area contributed by atoms with E-state index in [1.165, 1.54) is 6.42 Å². The summed E-state index contributed by atoms with van der Waals surface area (Å²) in [6.07, 6.45) is 1.29. The lowest BCUT2D eigenvalue weighted by Gasteiger charge is -2.31. The van der Waals surface area contributed by atoms with Gasteiger partial charge in [0, 0.05) is 17.1 Å². The van der Waals surface area contributed by atoms with Crippen LogP contribution in [-0.4, -0.2) is 23.1 Å². The number of aliphatic hydroxyl groups is 1. The molecule has 3 heteroatoms. The summed E-state index contributed by atoms with van der Waals surface area (Å²) in [6, 6.07) is 5.80. The number of benzene rings is 1. The Morgan fingerprint density at radius 2 is 2.14 bits per heavy atom. The quantitative estimate of drug-likeness (QED) is 0.827. The lowest BCUT2D eigenvalue weighted by Crippen LogP contribution is -2.36. The van der Waals surface area contributed by atoms with Crippen molar-refractivity contribution in [3.63, 3.8) is 0 Å². The summed E-state index contributed by atoms with van der Waals surface area (Å²) in [6.45, 7) is 3.27. The molecule has 0 radical (unpaired) electrons. The fourth-order valence-corrected chi connectivity index (χ4v) is 1.96. The Labute approximate surface area is 89.1 Å².